The fourth-order valence-corrected chi connectivity index (χ4v) is 7.15. The van der Waals surface area contributed by atoms with Crippen LogP contribution in [0.1, 0.15) is 9.75 Å². The molecule has 0 unspecified atom stereocenters. The van der Waals surface area contributed by atoms with Gasteiger partial charge in [-0.25, -0.2) is 18.6 Å². The predicted octanol–water partition coefficient (Wildman–Crippen LogP) is -1.07. The number of thioether (sulfide) groups is 1. The van der Waals surface area contributed by atoms with Crippen molar-refractivity contribution in [3.8, 4) is 0 Å². The molecule has 3 aliphatic heterocycles. The molecule has 2 fully saturated rings. The summed E-state index contributed by atoms with van der Waals surface area (Å²) in [6.07, 6.45) is 2.03. The number of allylic oxidation sites excluding steroid dienone is 1. The molecule has 5 heterocycles. The van der Waals surface area contributed by atoms with Gasteiger partial charge in [-0.1, -0.05) is 0 Å². The molecule has 196 valence electrons. The molecule has 2 saturated heterocycles. The van der Waals surface area contributed by atoms with E-state index in [0.29, 0.717) is 0 Å². The summed E-state index contributed by atoms with van der Waals surface area (Å²) >= 11 is 5.50. The van der Waals surface area contributed by atoms with Gasteiger partial charge in [-0.05, 0) is 29.3 Å². The minimum Gasteiger partial charge on any atom is -0.378 e. The maximum absolute atomic E-state index is 8.49. The fourth-order valence-electron chi connectivity index (χ4n) is 3.78. The zero-order valence-electron chi connectivity index (χ0n) is 19.9. The fraction of sp³-hybridized carbons (Fsp3) is 0.455. The summed E-state index contributed by atoms with van der Waals surface area (Å²) in [5.74, 6) is 0. The lowest BCUT2D eigenvalue weighted by Crippen LogP contribution is -2.68. The summed E-state index contributed by atoms with van der Waals surface area (Å²) in [5, 5.41) is 3.67. The normalized spacial score (nSPS) is 18.4. The molecule has 5 rings (SSSR count). The third kappa shape index (κ3) is 7.51. The highest BCUT2D eigenvalue weighted by Gasteiger charge is 2.27. The first-order valence-electron chi connectivity index (χ1n) is 11.2. The molecule has 14 heteroatoms. The minimum absolute atomic E-state index is 0.804. The van der Waals surface area contributed by atoms with Gasteiger partial charge in [-0.3, -0.25) is 4.58 Å². The van der Waals surface area contributed by atoms with Crippen molar-refractivity contribution < 1.29 is 42.9 Å². The zero-order valence-corrected chi connectivity index (χ0v) is 23.1. The SMILES string of the molecule is C[N+](C)=C1N=CC(=C(c2ccc(N3CCOCC3)s2)c2ccc(N3CCOCC3)s2)S1.[O-][Cl+3]([O-])([O-])[O-]. The summed E-state index contributed by atoms with van der Waals surface area (Å²) in [6, 6.07) is 9.06. The molecular formula is C22H27ClN4O6S3. The van der Waals surface area contributed by atoms with E-state index in [1.165, 1.54) is 30.2 Å². The maximum Gasteiger partial charge on any atom is 0.359 e. The highest BCUT2D eigenvalue weighted by atomic mass is 35.7. The van der Waals surface area contributed by atoms with Crippen LogP contribution in [-0.2, 0) is 9.47 Å². The first-order chi connectivity index (χ1) is 17.2. The number of rotatable bonds is 4. The lowest BCUT2D eigenvalue weighted by Gasteiger charge is -2.27. The van der Waals surface area contributed by atoms with Crippen LogP contribution in [0, 0.1) is 10.2 Å². The van der Waals surface area contributed by atoms with Crippen LogP contribution in [0.25, 0.3) is 5.57 Å². The van der Waals surface area contributed by atoms with Gasteiger partial charge in [0.05, 0.1) is 55.4 Å². The molecule has 0 bridgehead atoms. The van der Waals surface area contributed by atoms with E-state index in [1.54, 1.807) is 11.8 Å². The monoisotopic (exact) mass is 574 g/mol. The lowest BCUT2D eigenvalue weighted by molar-refractivity contribution is -2.00. The molecular weight excluding hydrogens is 548 g/mol. The number of anilines is 2. The van der Waals surface area contributed by atoms with Crippen molar-refractivity contribution in [2.24, 2.45) is 4.99 Å². The van der Waals surface area contributed by atoms with Crippen molar-refractivity contribution in [1.29, 1.82) is 0 Å². The van der Waals surface area contributed by atoms with Gasteiger partial charge >= 0.3 is 5.17 Å². The van der Waals surface area contributed by atoms with E-state index in [2.05, 4.69) is 43.6 Å². The van der Waals surface area contributed by atoms with Crippen molar-refractivity contribution in [3.63, 3.8) is 0 Å². The average Bonchev–Trinajstić information content (AvgIpc) is 3.62. The first-order valence-corrected chi connectivity index (χ1v) is 14.9. The number of halogens is 1. The number of aliphatic imine (C=N–C) groups is 1. The van der Waals surface area contributed by atoms with Crippen molar-refractivity contribution in [2.45, 2.75) is 0 Å². The number of thiophene rings is 2. The molecule has 0 N–H and O–H groups in total. The van der Waals surface area contributed by atoms with Crippen LogP contribution < -0.4 is 28.4 Å². The van der Waals surface area contributed by atoms with Crippen molar-refractivity contribution >= 4 is 61.4 Å². The van der Waals surface area contributed by atoms with E-state index in [9.17, 15) is 0 Å². The second-order valence-electron chi connectivity index (χ2n) is 8.13. The van der Waals surface area contributed by atoms with Crippen LogP contribution in [-0.4, -0.2) is 82.7 Å². The Labute approximate surface area is 224 Å². The second-order valence-corrected chi connectivity index (χ2v) is 12.0. The van der Waals surface area contributed by atoms with Crippen molar-refractivity contribution in [2.75, 3.05) is 76.5 Å². The minimum atomic E-state index is -4.94. The highest BCUT2D eigenvalue weighted by Crippen LogP contribution is 2.43. The third-order valence-corrected chi connectivity index (χ3v) is 8.95. The standard InChI is InChI=1S/C22H27N4O2S3.ClHO4/c1-24(2)22-23-15-18(31-22)21(16-3-5-19(29-16)25-7-11-27-12-8-25)17-4-6-20(30-17)26-9-13-28-14-10-26;2-1(3,4)5/h3-6,15H,7-14H2,1-2H3;(H,2,3,4,5)/q+1;/p-1. The molecule has 0 aliphatic carbocycles. The van der Waals surface area contributed by atoms with Gasteiger partial charge in [0.25, 0.3) is 0 Å². The van der Waals surface area contributed by atoms with E-state index >= 15 is 0 Å². The van der Waals surface area contributed by atoms with Crippen LogP contribution in [0.5, 0.6) is 0 Å². The molecule has 10 nitrogen and oxygen atoms in total. The van der Waals surface area contributed by atoms with E-state index in [-0.39, 0.29) is 0 Å². The third-order valence-electron chi connectivity index (χ3n) is 5.44. The smallest absolute Gasteiger partial charge is 0.359 e. The Kier molecular flexibility index (Phi) is 9.44. The van der Waals surface area contributed by atoms with Gasteiger partial charge in [0, 0.05) is 53.3 Å². The molecule has 2 aromatic heterocycles. The summed E-state index contributed by atoms with van der Waals surface area (Å²) in [6.45, 7) is 7.05. The summed E-state index contributed by atoms with van der Waals surface area (Å²) in [7, 11) is -0.850. The van der Waals surface area contributed by atoms with Crippen LogP contribution in [0.15, 0.2) is 34.2 Å². The number of ether oxygens (including phenoxy) is 2. The molecule has 0 amide bonds. The summed E-state index contributed by atoms with van der Waals surface area (Å²) in [4.78, 5) is 13.3. The largest absolute Gasteiger partial charge is 0.378 e. The number of hydrogen-bond acceptors (Lipinski definition) is 11. The van der Waals surface area contributed by atoms with Gasteiger partial charge in [0.2, 0.25) is 0 Å². The molecule has 0 spiro atoms. The summed E-state index contributed by atoms with van der Waals surface area (Å²) in [5.41, 5.74) is 1.29. The van der Waals surface area contributed by atoms with Crippen LogP contribution in [0.4, 0.5) is 10.0 Å². The van der Waals surface area contributed by atoms with E-state index < -0.39 is 10.2 Å². The number of amidine groups is 1. The maximum atomic E-state index is 8.49. The average molecular weight is 575 g/mol. The number of nitrogens with zero attached hydrogens (tertiary/aromatic N) is 4. The second kappa shape index (κ2) is 12.3. The first kappa shape index (κ1) is 27.5. The highest BCUT2D eigenvalue weighted by molar-refractivity contribution is 8.18. The Morgan fingerprint density at radius 2 is 1.28 bits per heavy atom. The van der Waals surface area contributed by atoms with Crippen LogP contribution in [0.3, 0.4) is 0 Å². The van der Waals surface area contributed by atoms with Gasteiger partial charge in [0.1, 0.15) is 0 Å². The topological polar surface area (TPSA) is 133 Å². The lowest BCUT2D eigenvalue weighted by atomic mass is 10.1. The Balaban J connectivity index is 0.000000556. The Morgan fingerprint density at radius 3 is 1.67 bits per heavy atom. The van der Waals surface area contributed by atoms with Crippen LogP contribution >= 0.6 is 34.4 Å². The Morgan fingerprint density at radius 1 is 0.833 bits per heavy atom. The van der Waals surface area contributed by atoms with Crippen LogP contribution in [0.2, 0.25) is 0 Å². The molecule has 0 aromatic carbocycles. The quantitative estimate of drug-likeness (QED) is 0.419. The zero-order chi connectivity index (χ0) is 25.7. The molecule has 2 aromatic rings. The number of hydrogen-bond donors (Lipinski definition) is 0. The Bertz CT molecular complexity index is 1060. The molecule has 0 saturated carbocycles. The van der Waals surface area contributed by atoms with Gasteiger partial charge in [0.15, 0.2) is 6.21 Å². The molecule has 0 atom stereocenters. The predicted molar refractivity (Wildman–Crippen MR) is 134 cm³/mol. The van der Waals surface area contributed by atoms with Crippen molar-refractivity contribution in [1.82, 2.24) is 0 Å². The number of morpholine rings is 2. The summed E-state index contributed by atoms with van der Waals surface area (Å²) < 4.78 is 47.1. The van der Waals surface area contributed by atoms with E-state index in [1.807, 2.05) is 43.0 Å². The Hall–Kier alpha value is -1.52. The molecule has 36 heavy (non-hydrogen) atoms. The van der Waals surface area contributed by atoms with Gasteiger partial charge < -0.3 is 19.3 Å². The van der Waals surface area contributed by atoms with E-state index in [4.69, 9.17) is 28.1 Å². The molecule has 3 aliphatic rings. The molecule has 0 radical (unpaired) electrons. The van der Waals surface area contributed by atoms with Crippen molar-refractivity contribution in [3.05, 3.63) is 38.9 Å². The van der Waals surface area contributed by atoms with Gasteiger partial charge in [-0.2, -0.15) is 0 Å². The van der Waals surface area contributed by atoms with Gasteiger partial charge in [-0.15, -0.1) is 32.9 Å². The van der Waals surface area contributed by atoms with E-state index in [0.717, 1.165) is 57.8 Å².